The van der Waals surface area contributed by atoms with Crippen LogP contribution in [0.3, 0.4) is 0 Å². The summed E-state index contributed by atoms with van der Waals surface area (Å²) < 4.78 is 0. The molecule has 14 heavy (non-hydrogen) atoms. The van der Waals surface area contributed by atoms with Gasteiger partial charge in [0.25, 0.3) is 0 Å². The number of allylic oxidation sites excluding steroid dienone is 1. The van der Waals surface area contributed by atoms with Crippen molar-refractivity contribution in [3.8, 4) is 6.07 Å². The van der Waals surface area contributed by atoms with E-state index in [1.807, 2.05) is 37.3 Å². The molecule has 0 fully saturated rings. The topological polar surface area (TPSA) is 23.8 Å². The SMILES string of the molecule is Cc1cc(C#N)ccc1C=CCCCl. The van der Waals surface area contributed by atoms with Gasteiger partial charge in [0.15, 0.2) is 0 Å². The zero-order valence-electron chi connectivity index (χ0n) is 8.13. The smallest absolute Gasteiger partial charge is 0.0991 e. The number of hydrogen-bond acceptors (Lipinski definition) is 1. The Bertz CT molecular complexity index is 374. The van der Waals surface area contributed by atoms with E-state index in [0.717, 1.165) is 17.5 Å². The molecule has 0 bridgehead atoms. The van der Waals surface area contributed by atoms with Crippen molar-refractivity contribution in [2.75, 3.05) is 5.88 Å². The molecular weight excluding hydrogens is 194 g/mol. The summed E-state index contributed by atoms with van der Waals surface area (Å²) >= 11 is 5.56. The molecule has 0 N–H and O–H groups in total. The average Bonchev–Trinajstić information content (AvgIpc) is 2.20. The molecule has 1 rings (SSSR count). The molecule has 0 unspecified atom stereocenters. The maximum atomic E-state index is 8.68. The summed E-state index contributed by atoms with van der Waals surface area (Å²) in [5.41, 5.74) is 2.97. The van der Waals surface area contributed by atoms with Crippen LogP contribution >= 0.6 is 11.6 Å². The number of halogens is 1. The van der Waals surface area contributed by atoms with Crippen molar-refractivity contribution in [1.82, 2.24) is 0 Å². The lowest BCUT2D eigenvalue weighted by molar-refractivity contribution is 1.24. The Morgan fingerprint density at radius 2 is 2.29 bits per heavy atom. The number of nitriles is 1. The third-order valence-corrected chi connectivity index (χ3v) is 2.19. The minimum Gasteiger partial charge on any atom is -0.192 e. The molecule has 0 saturated carbocycles. The van der Waals surface area contributed by atoms with Crippen molar-refractivity contribution in [3.05, 3.63) is 41.0 Å². The van der Waals surface area contributed by atoms with Gasteiger partial charge in [-0.15, -0.1) is 11.6 Å². The molecule has 0 saturated heterocycles. The van der Waals surface area contributed by atoms with Crippen LogP contribution < -0.4 is 0 Å². The normalized spacial score (nSPS) is 10.4. The van der Waals surface area contributed by atoms with Crippen molar-refractivity contribution in [2.24, 2.45) is 0 Å². The van der Waals surface area contributed by atoms with Crippen LogP contribution in [0, 0.1) is 18.3 Å². The second kappa shape index (κ2) is 5.47. The molecule has 0 amide bonds. The number of hydrogen-bond donors (Lipinski definition) is 0. The van der Waals surface area contributed by atoms with Crippen LogP contribution in [0.4, 0.5) is 0 Å². The fourth-order valence-corrected chi connectivity index (χ4v) is 1.33. The van der Waals surface area contributed by atoms with E-state index in [2.05, 4.69) is 6.07 Å². The van der Waals surface area contributed by atoms with E-state index in [0.29, 0.717) is 11.4 Å². The largest absolute Gasteiger partial charge is 0.192 e. The lowest BCUT2D eigenvalue weighted by atomic mass is 10.1. The van der Waals surface area contributed by atoms with Gasteiger partial charge in [-0.3, -0.25) is 0 Å². The van der Waals surface area contributed by atoms with Crippen molar-refractivity contribution < 1.29 is 0 Å². The number of alkyl halides is 1. The number of nitrogens with zero attached hydrogens (tertiary/aromatic N) is 1. The van der Waals surface area contributed by atoms with E-state index in [4.69, 9.17) is 16.9 Å². The molecule has 1 nitrogen and oxygen atoms in total. The quantitative estimate of drug-likeness (QED) is 0.693. The lowest BCUT2D eigenvalue weighted by Gasteiger charge is -1.99. The molecule has 0 aliphatic heterocycles. The molecule has 0 radical (unpaired) electrons. The minimum atomic E-state index is 0.645. The van der Waals surface area contributed by atoms with Crippen LogP contribution in [0.25, 0.3) is 6.08 Å². The molecule has 2 heteroatoms. The zero-order valence-corrected chi connectivity index (χ0v) is 8.88. The number of rotatable bonds is 3. The number of aryl methyl sites for hydroxylation is 1. The second-order valence-corrected chi connectivity index (χ2v) is 3.44. The Labute approximate surface area is 89.6 Å². The first kappa shape index (κ1) is 10.8. The van der Waals surface area contributed by atoms with Crippen LogP contribution in [0.2, 0.25) is 0 Å². The molecule has 0 aliphatic rings. The van der Waals surface area contributed by atoms with Crippen LogP contribution in [-0.2, 0) is 0 Å². The molecule has 0 aliphatic carbocycles. The Morgan fingerprint density at radius 3 is 2.86 bits per heavy atom. The van der Waals surface area contributed by atoms with Gasteiger partial charge < -0.3 is 0 Å². The van der Waals surface area contributed by atoms with E-state index in [1.165, 1.54) is 0 Å². The monoisotopic (exact) mass is 205 g/mol. The van der Waals surface area contributed by atoms with Gasteiger partial charge in [0.2, 0.25) is 0 Å². The van der Waals surface area contributed by atoms with Crippen molar-refractivity contribution in [3.63, 3.8) is 0 Å². The predicted molar refractivity (Wildman–Crippen MR) is 60.3 cm³/mol. The van der Waals surface area contributed by atoms with Crippen molar-refractivity contribution >= 4 is 17.7 Å². The Morgan fingerprint density at radius 1 is 1.50 bits per heavy atom. The fourth-order valence-electron chi connectivity index (χ4n) is 1.21. The minimum absolute atomic E-state index is 0.645. The fraction of sp³-hybridized carbons (Fsp3) is 0.250. The maximum absolute atomic E-state index is 8.68. The van der Waals surface area contributed by atoms with Gasteiger partial charge in [-0.2, -0.15) is 5.26 Å². The predicted octanol–water partition coefficient (Wildman–Crippen LogP) is 3.51. The summed E-state index contributed by atoms with van der Waals surface area (Å²) in [4.78, 5) is 0. The second-order valence-electron chi connectivity index (χ2n) is 3.06. The molecular formula is C12H12ClN. The highest BCUT2D eigenvalue weighted by Crippen LogP contribution is 2.12. The summed E-state index contributed by atoms with van der Waals surface area (Å²) in [6.45, 7) is 2.00. The molecule has 0 aromatic heterocycles. The van der Waals surface area contributed by atoms with Gasteiger partial charge in [0.05, 0.1) is 11.6 Å². The van der Waals surface area contributed by atoms with E-state index in [9.17, 15) is 0 Å². The standard InChI is InChI=1S/C12H12ClN/c1-10-8-11(9-14)5-6-12(10)4-2-3-7-13/h2,4-6,8H,3,7H2,1H3. The molecule has 0 heterocycles. The van der Waals surface area contributed by atoms with Crippen molar-refractivity contribution in [1.29, 1.82) is 5.26 Å². The molecule has 0 spiro atoms. The van der Waals surface area contributed by atoms with Gasteiger partial charge in [-0.25, -0.2) is 0 Å². The van der Waals surface area contributed by atoms with Crippen LogP contribution in [0.5, 0.6) is 0 Å². The van der Waals surface area contributed by atoms with Crippen LogP contribution in [0.1, 0.15) is 23.1 Å². The molecule has 1 aromatic rings. The Kier molecular flexibility index (Phi) is 4.22. The summed E-state index contributed by atoms with van der Waals surface area (Å²) in [5.74, 6) is 0.645. The zero-order chi connectivity index (χ0) is 10.4. The summed E-state index contributed by atoms with van der Waals surface area (Å²) in [6.07, 6.45) is 4.96. The van der Waals surface area contributed by atoms with Crippen LogP contribution in [-0.4, -0.2) is 5.88 Å². The van der Waals surface area contributed by atoms with Gasteiger partial charge in [-0.1, -0.05) is 18.2 Å². The first-order valence-corrected chi connectivity index (χ1v) is 5.04. The van der Waals surface area contributed by atoms with Gasteiger partial charge >= 0.3 is 0 Å². The summed E-state index contributed by atoms with van der Waals surface area (Å²) in [7, 11) is 0. The number of benzene rings is 1. The highest BCUT2D eigenvalue weighted by Gasteiger charge is 1.95. The highest BCUT2D eigenvalue weighted by atomic mass is 35.5. The van der Waals surface area contributed by atoms with E-state index < -0.39 is 0 Å². The van der Waals surface area contributed by atoms with E-state index in [-0.39, 0.29) is 0 Å². The molecule has 72 valence electrons. The summed E-state index contributed by atoms with van der Waals surface area (Å²) in [5, 5.41) is 8.68. The van der Waals surface area contributed by atoms with Crippen LogP contribution in [0.15, 0.2) is 24.3 Å². The first-order chi connectivity index (χ1) is 6.77. The highest BCUT2D eigenvalue weighted by molar-refractivity contribution is 6.17. The summed E-state index contributed by atoms with van der Waals surface area (Å²) in [6, 6.07) is 7.79. The van der Waals surface area contributed by atoms with Gasteiger partial charge in [0.1, 0.15) is 0 Å². The third-order valence-electron chi connectivity index (χ3n) is 1.97. The third kappa shape index (κ3) is 2.90. The van der Waals surface area contributed by atoms with E-state index >= 15 is 0 Å². The lowest BCUT2D eigenvalue weighted by Crippen LogP contribution is -1.82. The molecule has 0 atom stereocenters. The average molecular weight is 206 g/mol. The van der Waals surface area contributed by atoms with E-state index in [1.54, 1.807) is 0 Å². The molecule has 1 aromatic carbocycles. The van der Waals surface area contributed by atoms with Gasteiger partial charge in [-0.05, 0) is 36.6 Å². The van der Waals surface area contributed by atoms with Crippen molar-refractivity contribution in [2.45, 2.75) is 13.3 Å². The first-order valence-electron chi connectivity index (χ1n) is 4.51. The maximum Gasteiger partial charge on any atom is 0.0991 e. The van der Waals surface area contributed by atoms with Gasteiger partial charge in [0, 0.05) is 5.88 Å². The Balaban J connectivity index is 2.85. The Hall–Kier alpha value is -1.26.